The minimum Gasteiger partial charge on any atom is -0.348 e. The average molecular weight is 398 g/mol. The number of fused-ring (bicyclic) bond motifs is 2. The van der Waals surface area contributed by atoms with Crippen molar-refractivity contribution in [1.29, 1.82) is 0 Å². The quantitative estimate of drug-likeness (QED) is 0.485. The van der Waals surface area contributed by atoms with Gasteiger partial charge < -0.3 is 9.97 Å². The van der Waals surface area contributed by atoms with E-state index in [1.165, 1.54) is 11.1 Å². The summed E-state index contributed by atoms with van der Waals surface area (Å²) in [6.45, 7) is 0. The molecule has 6 nitrogen and oxygen atoms in total. The van der Waals surface area contributed by atoms with E-state index in [2.05, 4.69) is 38.1 Å². The van der Waals surface area contributed by atoms with Crippen molar-refractivity contribution >= 4 is 22.6 Å². The molecule has 30 heavy (non-hydrogen) atoms. The molecule has 0 bridgehead atoms. The van der Waals surface area contributed by atoms with E-state index in [4.69, 9.17) is 0 Å². The van der Waals surface area contributed by atoms with Crippen LogP contribution in [0.15, 0.2) is 54.9 Å². The van der Waals surface area contributed by atoms with Crippen LogP contribution in [0.4, 0.5) is 0 Å². The second kappa shape index (κ2) is 7.71. The predicted octanol–water partition coefficient (Wildman–Crippen LogP) is 3.63. The standard InChI is InChI=1S/C24H22N4O2/c29-20(17-9-8-15-4-1-2-5-16(15)12-17)13-23-27-19-7-3-6-18(24(19)28-23)21(30)14-22-25-10-11-26-22/h1-7,10-11,17H,8-9,12-14H2,(H,25,26)(H,27,28)/t17-/m0/s1. The minimum atomic E-state index is -0.0520. The maximum absolute atomic E-state index is 12.9. The highest BCUT2D eigenvalue weighted by molar-refractivity contribution is 6.06. The number of aryl methyl sites for hydroxylation is 1. The lowest BCUT2D eigenvalue weighted by Crippen LogP contribution is -2.24. The highest BCUT2D eigenvalue weighted by atomic mass is 16.1. The summed E-state index contributed by atoms with van der Waals surface area (Å²) >= 11 is 0. The van der Waals surface area contributed by atoms with Crippen molar-refractivity contribution in [2.75, 3.05) is 0 Å². The van der Waals surface area contributed by atoms with Gasteiger partial charge in [0.15, 0.2) is 5.78 Å². The van der Waals surface area contributed by atoms with Gasteiger partial charge in [0, 0.05) is 23.9 Å². The lowest BCUT2D eigenvalue weighted by atomic mass is 9.81. The largest absolute Gasteiger partial charge is 0.348 e. The van der Waals surface area contributed by atoms with Gasteiger partial charge in [-0.25, -0.2) is 9.97 Å². The SMILES string of the molecule is O=C(Cc1ncc[nH]1)c1cccc2[nH]c(CC(=O)[C@H]3CCc4ccccc4C3)nc12. The number of aromatic nitrogens is 4. The van der Waals surface area contributed by atoms with E-state index >= 15 is 0 Å². The molecule has 6 heteroatoms. The van der Waals surface area contributed by atoms with Crippen molar-refractivity contribution in [3.05, 3.63) is 83.2 Å². The smallest absolute Gasteiger partial charge is 0.172 e. The van der Waals surface area contributed by atoms with Crippen LogP contribution >= 0.6 is 0 Å². The zero-order chi connectivity index (χ0) is 20.5. The number of para-hydroxylation sites is 1. The molecule has 1 aliphatic rings. The summed E-state index contributed by atoms with van der Waals surface area (Å²) in [7, 11) is 0. The van der Waals surface area contributed by atoms with Crippen LogP contribution in [-0.2, 0) is 30.5 Å². The van der Waals surface area contributed by atoms with Gasteiger partial charge in [0.25, 0.3) is 0 Å². The van der Waals surface area contributed by atoms with E-state index in [9.17, 15) is 9.59 Å². The Labute approximate surface area is 173 Å². The van der Waals surface area contributed by atoms with Gasteiger partial charge in [-0.1, -0.05) is 30.3 Å². The first-order chi connectivity index (χ1) is 14.7. The Balaban J connectivity index is 1.34. The third kappa shape index (κ3) is 3.56. The number of aromatic amines is 2. The number of imidazole rings is 2. The zero-order valence-electron chi connectivity index (χ0n) is 16.5. The average Bonchev–Trinajstić information content (AvgIpc) is 3.42. The van der Waals surface area contributed by atoms with Crippen LogP contribution in [0.3, 0.4) is 0 Å². The van der Waals surface area contributed by atoms with Crippen molar-refractivity contribution in [3.8, 4) is 0 Å². The molecule has 0 amide bonds. The van der Waals surface area contributed by atoms with Crippen LogP contribution in [0.5, 0.6) is 0 Å². The molecule has 0 fully saturated rings. The molecule has 2 heterocycles. The van der Waals surface area contributed by atoms with Crippen molar-refractivity contribution in [3.63, 3.8) is 0 Å². The van der Waals surface area contributed by atoms with E-state index in [1.54, 1.807) is 18.5 Å². The first-order valence-electron chi connectivity index (χ1n) is 10.3. The van der Waals surface area contributed by atoms with Gasteiger partial charge >= 0.3 is 0 Å². The van der Waals surface area contributed by atoms with E-state index < -0.39 is 0 Å². The Hall–Kier alpha value is -3.54. The lowest BCUT2D eigenvalue weighted by Gasteiger charge is -2.23. The molecule has 0 radical (unpaired) electrons. The Bertz CT molecular complexity index is 1220. The number of nitrogens with one attached hydrogen (secondary N) is 2. The number of carbonyl (C=O) groups excluding carboxylic acids is 2. The number of hydrogen-bond donors (Lipinski definition) is 2. The van der Waals surface area contributed by atoms with Crippen LogP contribution in [-0.4, -0.2) is 31.5 Å². The molecule has 0 spiro atoms. The number of carbonyl (C=O) groups is 2. The highest BCUT2D eigenvalue weighted by Gasteiger charge is 2.25. The molecule has 4 aromatic rings. The fourth-order valence-corrected chi connectivity index (χ4v) is 4.32. The van der Waals surface area contributed by atoms with E-state index in [0.29, 0.717) is 22.7 Å². The number of rotatable bonds is 6. The van der Waals surface area contributed by atoms with Crippen LogP contribution in [0.2, 0.25) is 0 Å². The first kappa shape index (κ1) is 18.5. The van der Waals surface area contributed by atoms with E-state index in [1.807, 2.05) is 18.2 Å². The number of H-pyrrole nitrogens is 2. The van der Waals surface area contributed by atoms with E-state index in [-0.39, 0.29) is 30.3 Å². The molecular weight excluding hydrogens is 376 g/mol. The summed E-state index contributed by atoms with van der Waals surface area (Å²) in [5, 5.41) is 0. The molecule has 0 saturated heterocycles. The number of nitrogens with zero attached hydrogens (tertiary/aromatic N) is 2. The molecule has 1 aliphatic carbocycles. The van der Waals surface area contributed by atoms with Gasteiger partial charge in [-0.15, -0.1) is 0 Å². The molecule has 0 saturated carbocycles. The summed E-state index contributed by atoms with van der Waals surface area (Å²) in [5.74, 6) is 1.41. The third-order valence-electron chi connectivity index (χ3n) is 5.89. The van der Waals surface area contributed by atoms with Gasteiger partial charge in [-0.2, -0.15) is 0 Å². The second-order valence-corrected chi connectivity index (χ2v) is 7.87. The number of Topliss-reactive ketones (excluding diaryl/α,β-unsaturated/α-hetero) is 2. The molecule has 0 aliphatic heterocycles. The summed E-state index contributed by atoms with van der Waals surface area (Å²) in [6.07, 6.45) is 6.39. The maximum atomic E-state index is 12.9. The second-order valence-electron chi connectivity index (χ2n) is 7.87. The molecular formula is C24H22N4O2. The first-order valence-corrected chi connectivity index (χ1v) is 10.3. The fourth-order valence-electron chi connectivity index (χ4n) is 4.32. The Kier molecular flexibility index (Phi) is 4.75. The topological polar surface area (TPSA) is 91.5 Å². The van der Waals surface area contributed by atoms with Crippen LogP contribution < -0.4 is 0 Å². The van der Waals surface area contributed by atoms with Crippen molar-refractivity contribution in [2.45, 2.75) is 32.1 Å². The lowest BCUT2D eigenvalue weighted by molar-refractivity contribution is -0.122. The van der Waals surface area contributed by atoms with Crippen LogP contribution in [0.25, 0.3) is 11.0 Å². The van der Waals surface area contributed by atoms with Gasteiger partial charge in [-0.3, -0.25) is 9.59 Å². The monoisotopic (exact) mass is 398 g/mol. The van der Waals surface area contributed by atoms with Gasteiger partial charge in [0.2, 0.25) is 0 Å². The molecule has 0 unspecified atom stereocenters. The van der Waals surface area contributed by atoms with Crippen molar-refractivity contribution in [2.24, 2.45) is 5.92 Å². The van der Waals surface area contributed by atoms with Gasteiger partial charge in [-0.05, 0) is 42.5 Å². The number of ketones is 2. The maximum Gasteiger partial charge on any atom is 0.172 e. The molecule has 2 aromatic carbocycles. The molecule has 150 valence electrons. The highest BCUT2D eigenvalue weighted by Crippen LogP contribution is 2.27. The number of benzene rings is 2. The van der Waals surface area contributed by atoms with Crippen LogP contribution in [0.1, 0.15) is 39.6 Å². The number of hydrogen-bond acceptors (Lipinski definition) is 4. The summed E-state index contributed by atoms with van der Waals surface area (Å²) < 4.78 is 0. The fraction of sp³-hybridized carbons (Fsp3) is 0.250. The molecule has 2 aromatic heterocycles. The Morgan fingerprint density at radius 2 is 1.87 bits per heavy atom. The Morgan fingerprint density at radius 3 is 2.70 bits per heavy atom. The van der Waals surface area contributed by atoms with Gasteiger partial charge in [0.1, 0.15) is 17.4 Å². The summed E-state index contributed by atoms with van der Waals surface area (Å²) in [5.41, 5.74) is 4.57. The zero-order valence-corrected chi connectivity index (χ0v) is 16.5. The van der Waals surface area contributed by atoms with E-state index in [0.717, 1.165) is 24.8 Å². The van der Waals surface area contributed by atoms with Crippen molar-refractivity contribution in [1.82, 2.24) is 19.9 Å². The van der Waals surface area contributed by atoms with Gasteiger partial charge in [0.05, 0.1) is 23.9 Å². The third-order valence-corrected chi connectivity index (χ3v) is 5.89. The molecule has 1 atom stereocenters. The summed E-state index contributed by atoms with van der Waals surface area (Å²) in [4.78, 5) is 40.6. The summed E-state index contributed by atoms with van der Waals surface area (Å²) in [6, 6.07) is 13.9. The minimum absolute atomic E-state index is 0.0215. The predicted molar refractivity (Wildman–Crippen MR) is 113 cm³/mol. The van der Waals surface area contributed by atoms with Crippen molar-refractivity contribution < 1.29 is 9.59 Å². The molecule has 2 N–H and O–H groups in total. The van der Waals surface area contributed by atoms with Crippen LogP contribution in [0, 0.1) is 5.92 Å². The normalized spacial score (nSPS) is 15.8. The molecule has 5 rings (SSSR count). The Morgan fingerprint density at radius 1 is 1.00 bits per heavy atom.